The summed E-state index contributed by atoms with van der Waals surface area (Å²) in [5, 5.41) is 0. The van der Waals surface area contributed by atoms with Crippen LogP contribution in [0, 0.1) is 17.8 Å². The zero-order chi connectivity index (χ0) is 6.01. The number of ether oxygens (including phenoxy) is 1. The monoisotopic (exact) mass is 124 g/mol. The maximum Gasteiger partial charge on any atom is 0.123 e. The molecule has 0 aromatic carbocycles. The average molecular weight is 124 g/mol. The topological polar surface area (TPSA) is 29.6 Å². The summed E-state index contributed by atoms with van der Waals surface area (Å²) in [5.74, 6) is 1.76. The Hall–Kier alpha value is -0.370. The molecule has 3 aliphatic rings. The first-order chi connectivity index (χ1) is 4.42. The second-order valence-electron chi connectivity index (χ2n) is 3.33. The summed E-state index contributed by atoms with van der Waals surface area (Å²) < 4.78 is 5.28. The van der Waals surface area contributed by atoms with Gasteiger partial charge in [-0.2, -0.15) is 0 Å². The normalized spacial score (nSPS) is 66.4. The van der Waals surface area contributed by atoms with Crippen LogP contribution in [0.25, 0.3) is 0 Å². The average Bonchev–Trinajstić information content (AvgIpc) is 2.72. The van der Waals surface area contributed by atoms with Crippen LogP contribution < -0.4 is 0 Å². The molecule has 2 nitrogen and oxygen atoms in total. The fourth-order valence-electron chi connectivity index (χ4n) is 2.35. The number of epoxide rings is 1. The number of hydrogen-bond donors (Lipinski definition) is 0. The van der Waals surface area contributed by atoms with Crippen LogP contribution >= 0.6 is 0 Å². The van der Waals surface area contributed by atoms with Gasteiger partial charge in [-0.3, -0.25) is 0 Å². The van der Waals surface area contributed by atoms with Gasteiger partial charge in [0.15, 0.2) is 0 Å². The highest BCUT2D eigenvalue weighted by Gasteiger charge is 2.69. The van der Waals surface area contributed by atoms with E-state index in [-0.39, 0.29) is 0 Å². The highest BCUT2D eigenvalue weighted by atomic mass is 16.6. The smallest absolute Gasteiger partial charge is 0.123 e. The second-order valence-corrected chi connectivity index (χ2v) is 3.33. The minimum Gasteiger partial charge on any atom is -0.369 e. The van der Waals surface area contributed by atoms with E-state index in [0.29, 0.717) is 24.0 Å². The fourth-order valence-corrected chi connectivity index (χ4v) is 2.35. The third-order valence-electron chi connectivity index (χ3n) is 2.96. The SMILES string of the molecule is O=CC1C2CC3OC3C12. The van der Waals surface area contributed by atoms with E-state index < -0.39 is 0 Å². The van der Waals surface area contributed by atoms with Gasteiger partial charge in [-0.25, -0.2) is 0 Å². The van der Waals surface area contributed by atoms with Gasteiger partial charge >= 0.3 is 0 Å². The summed E-state index contributed by atoms with van der Waals surface area (Å²) >= 11 is 0. The molecule has 0 spiro atoms. The van der Waals surface area contributed by atoms with Crippen molar-refractivity contribution in [1.29, 1.82) is 0 Å². The molecule has 1 aliphatic heterocycles. The third-order valence-corrected chi connectivity index (χ3v) is 2.96. The minimum atomic E-state index is 0.383. The molecular formula is C7H8O2. The molecule has 9 heavy (non-hydrogen) atoms. The second kappa shape index (κ2) is 1.08. The van der Waals surface area contributed by atoms with Crippen LogP contribution in [0.2, 0.25) is 0 Å². The van der Waals surface area contributed by atoms with Crippen molar-refractivity contribution in [3.63, 3.8) is 0 Å². The van der Waals surface area contributed by atoms with Crippen LogP contribution in [-0.4, -0.2) is 18.5 Å². The minimum absolute atomic E-state index is 0.383. The lowest BCUT2D eigenvalue weighted by atomic mass is 10.2. The van der Waals surface area contributed by atoms with Gasteiger partial charge in [0.2, 0.25) is 0 Å². The number of carbonyl (C=O) groups is 1. The van der Waals surface area contributed by atoms with Crippen LogP contribution in [0.5, 0.6) is 0 Å². The van der Waals surface area contributed by atoms with Crippen LogP contribution in [0.15, 0.2) is 0 Å². The van der Waals surface area contributed by atoms with Gasteiger partial charge in [-0.15, -0.1) is 0 Å². The van der Waals surface area contributed by atoms with E-state index in [4.69, 9.17) is 4.74 Å². The third kappa shape index (κ3) is 0.368. The van der Waals surface area contributed by atoms with E-state index in [2.05, 4.69) is 0 Å². The van der Waals surface area contributed by atoms with Gasteiger partial charge in [0.1, 0.15) is 6.29 Å². The highest BCUT2D eigenvalue weighted by Crippen LogP contribution is 2.64. The Morgan fingerprint density at radius 2 is 2.44 bits per heavy atom. The maximum absolute atomic E-state index is 10.3. The van der Waals surface area contributed by atoms with Crippen molar-refractivity contribution in [2.75, 3.05) is 0 Å². The predicted molar refractivity (Wildman–Crippen MR) is 29.8 cm³/mol. The molecule has 0 bridgehead atoms. The molecule has 5 atom stereocenters. The lowest BCUT2D eigenvalue weighted by molar-refractivity contribution is -0.109. The number of hydrogen-bond acceptors (Lipinski definition) is 2. The zero-order valence-corrected chi connectivity index (χ0v) is 4.99. The van der Waals surface area contributed by atoms with Gasteiger partial charge in [0.05, 0.1) is 12.2 Å². The Kier molecular flexibility index (Phi) is 0.533. The molecule has 2 saturated carbocycles. The lowest BCUT2D eigenvalue weighted by Crippen LogP contribution is -1.95. The van der Waals surface area contributed by atoms with Gasteiger partial charge in [-0.1, -0.05) is 0 Å². The summed E-state index contributed by atoms with van der Waals surface area (Å²) in [6.45, 7) is 0. The van der Waals surface area contributed by atoms with Crippen molar-refractivity contribution in [3.8, 4) is 0 Å². The molecule has 0 aromatic heterocycles. The van der Waals surface area contributed by atoms with E-state index in [9.17, 15) is 4.79 Å². The molecule has 3 fully saturated rings. The Morgan fingerprint density at radius 1 is 1.56 bits per heavy atom. The van der Waals surface area contributed by atoms with Crippen LogP contribution in [0.1, 0.15) is 6.42 Å². The number of carbonyl (C=O) groups excluding carboxylic acids is 1. The molecule has 0 aromatic rings. The highest BCUT2D eigenvalue weighted by molar-refractivity contribution is 5.61. The van der Waals surface area contributed by atoms with E-state index in [0.717, 1.165) is 12.2 Å². The van der Waals surface area contributed by atoms with E-state index in [1.54, 1.807) is 0 Å². The summed E-state index contributed by atoms with van der Waals surface area (Å²) in [7, 11) is 0. The van der Waals surface area contributed by atoms with E-state index in [1.165, 1.54) is 6.42 Å². The molecule has 1 heterocycles. The van der Waals surface area contributed by atoms with Crippen LogP contribution in [0.3, 0.4) is 0 Å². The first-order valence-electron chi connectivity index (χ1n) is 3.52. The molecule has 2 heteroatoms. The van der Waals surface area contributed by atoms with Gasteiger partial charge in [0.25, 0.3) is 0 Å². The van der Waals surface area contributed by atoms with Crippen LogP contribution in [-0.2, 0) is 9.53 Å². The Bertz CT molecular complexity index is 178. The van der Waals surface area contributed by atoms with Crippen molar-refractivity contribution in [3.05, 3.63) is 0 Å². The molecule has 48 valence electrons. The molecule has 0 radical (unpaired) electrons. The van der Waals surface area contributed by atoms with Crippen molar-refractivity contribution in [2.45, 2.75) is 18.6 Å². The summed E-state index contributed by atoms with van der Waals surface area (Å²) in [5.41, 5.74) is 0. The van der Waals surface area contributed by atoms with Crippen molar-refractivity contribution < 1.29 is 9.53 Å². The zero-order valence-electron chi connectivity index (χ0n) is 4.99. The largest absolute Gasteiger partial charge is 0.369 e. The van der Waals surface area contributed by atoms with Gasteiger partial charge in [-0.05, 0) is 12.3 Å². The fraction of sp³-hybridized carbons (Fsp3) is 0.857. The standard InChI is InChI=1S/C7H8O2/c8-2-4-3-1-5-7(9-5)6(3)4/h2-7H,1H2. The Labute approximate surface area is 53.2 Å². The number of rotatable bonds is 1. The first-order valence-corrected chi connectivity index (χ1v) is 3.52. The van der Waals surface area contributed by atoms with E-state index >= 15 is 0 Å². The number of fused-ring (bicyclic) bond motifs is 3. The molecule has 5 unspecified atom stereocenters. The Morgan fingerprint density at radius 3 is 3.00 bits per heavy atom. The summed E-state index contributed by atoms with van der Waals surface area (Å²) in [4.78, 5) is 10.3. The molecular weight excluding hydrogens is 116 g/mol. The van der Waals surface area contributed by atoms with Crippen molar-refractivity contribution >= 4 is 6.29 Å². The predicted octanol–water partition coefficient (Wildman–Crippen LogP) is 0.219. The molecule has 3 rings (SSSR count). The molecule has 1 saturated heterocycles. The first kappa shape index (κ1) is 4.45. The lowest BCUT2D eigenvalue weighted by Gasteiger charge is -1.85. The van der Waals surface area contributed by atoms with Crippen molar-refractivity contribution in [2.24, 2.45) is 17.8 Å². The molecule has 0 N–H and O–H groups in total. The summed E-state index contributed by atoms with van der Waals surface area (Å²) in [6, 6.07) is 0. The van der Waals surface area contributed by atoms with Gasteiger partial charge in [0, 0.05) is 11.8 Å². The Balaban J connectivity index is 1.86. The molecule has 0 amide bonds. The van der Waals surface area contributed by atoms with Crippen LogP contribution in [0.4, 0.5) is 0 Å². The van der Waals surface area contributed by atoms with E-state index in [1.807, 2.05) is 0 Å². The summed E-state index contributed by atoms with van der Waals surface area (Å²) in [6.07, 6.45) is 3.34. The maximum atomic E-state index is 10.3. The van der Waals surface area contributed by atoms with Gasteiger partial charge < -0.3 is 9.53 Å². The molecule has 2 aliphatic carbocycles. The van der Waals surface area contributed by atoms with Crippen molar-refractivity contribution in [1.82, 2.24) is 0 Å². The number of aldehydes is 1. The quantitative estimate of drug-likeness (QED) is 0.369.